The predicted octanol–water partition coefficient (Wildman–Crippen LogP) is 3.10. The summed E-state index contributed by atoms with van der Waals surface area (Å²) in [6, 6.07) is 9.92. The Kier molecular flexibility index (Phi) is 6.37. The third kappa shape index (κ3) is 4.80. The van der Waals surface area contributed by atoms with Gasteiger partial charge in [0.1, 0.15) is 5.25 Å². The molecule has 0 aromatic heterocycles. The molecular formula is C18H25NO2S. The summed E-state index contributed by atoms with van der Waals surface area (Å²) in [6.45, 7) is 5.62. The lowest BCUT2D eigenvalue weighted by molar-refractivity contribution is -0.131. The van der Waals surface area contributed by atoms with Gasteiger partial charge >= 0.3 is 0 Å². The van der Waals surface area contributed by atoms with Gasteiger partial charge in [-0.25, -0.2) is 0 Å². The molecule has 22 heavy (non-hydrogen) atoms. The van der Waals surface area contributed by atoms with Crippen molar-refractivity contribution in [3.8, 4) is 0 Å². The monoisotopic (exact) mass is 319 g/mol. The highest BCUT2D eigenvalue weighted by molar-refractivity contribution is 7.86. The summed E-state index contributed by atoms with van der Waals surface area (Å²) in [6.07, 6.45) is 5.96. The summed E-state index contributed by atoms with van der Waals surface area (Å²) < 4.78 is 12.3. The third-order valence-electron chi connectivity index (χ3n) is 4.21. The molecule has 0 saturated carbocycles. The number of carbonyl (C=O) groups excluding carboxylic acids is 1. The zero-order valence-corrected chi connectivity index (χ0v) is 14.2. The second-order valence-electron chi connectivity index (χ2n) is 6.01. The molecule has 1 amide bonds. The molecule has 2 atom stereocenters. The summed E-state index contributed by atoms with van der Waals surface area (Å²) in [4.78, 5) is 14.3. The van der Waals surface area contributed by atoms with Gasteiger partial charge in [0.2, 0.25) is 5.91 Å². The van der Waals surface area contributed by atoms with Crippen molar-refractivity contribution >= 4 is 22.8 Å². The Labute approximate surface area is 135 Å². The van der Waals surface area contributed by atoms with Crippen LogP contribution in [0.5, 0.6) is 0 Å². The molecule has 0 radical (unpaired) electrons. The molecule has 2 unspecified atom stereocenters. The van der Waals surface area contributed by atoms with Crippen LogP contribution in [-0.2, 0) is 15.6 Å². The maximum Gasteiger partial charge on any atom is 0.238 e. The lowest BCUT2D eigenvalue weighted by Crippen LogP contribution is -2.44. The molecule has 1 aliphatic heterocycles. The summed E-state index contributed by atoms with van der Waals surface area (Å²) in [5.74, 6) is 1.16. The van der Waals surface area contributed by atoms with Crippen LogP contribution in [0.1, 0.15) is 32.3 Å². The molecule has 1 heterocycles. The molecule has 1 aromatic carbocycles. The van der Waals surface area contributed by atoms with Crippen molar-refractivity contribution in [3.63, 3.8) is 0 Å². The highest BCUT2D eigenvalue weighted by Crippen LogP contribution is 2.17. The van der Waals surface area contributed by atoms with E-state index >= 15 is 0 Å². The van der Waals surface area contributed by atoms with Crippen molar-refractivity contribution in [2.75, 3.05) is 18.8 Å². The smallest absolute Gasteiger partial charge is 0.238 e. The van der Waals surface area contributed by atoms with Gasteiger partial charge in [0, 0.05) is 29.6 Å². The standard InChI is InChI=1S/C18H25NO2S/c1-15-10-12-19(13-11-15)18(20)16(2)22(21)14-6-9-17-7-4-3-5-8-17/h3-9,15-16H,10-14H2,1-2H3/b9-6+. The number of hydrogen-bond donors (Lipinski definition) is 0. The topological polar surface area (TPSA) is 37.4 Å². The van der Waals surface area contributed by atoms with E-state index in [-0.39, 0.29) is 5.91 Å². The third-order valence-corrected chi connectivity index (χ3v) is 5.72. The Morgan fingerprint density at radius 2 is 1.95 bits per heavy atom. The first-order chi connectivity index (χ1) is 10.6. The molecule has 4 heteroatoms. The number of hydrogen-bond acceptors (Lipinski definition) is 2. The van der Waals surface area contributed by atoms with Gasteiger partial charge in [0.25, 0.3) is 0 Å². The van der Waals surface area contributed by atoms with E-state index in [2.05, 4.69) is 6.92 Å². The first-order valence-corrected chi connectivity index (χ1v) is 9.33. The van der Waals surface area contributed by atoms with Gasteiger partial charge < -0.3 is 4.90 Å². The number of nitrogens with zero attached hydrogens (tertiary/aromatic N) is 1. The number of rotatable bonds is 5. The molecule has 0 aliphatic carbocycles. The van der Waals surface area contributed by atoms with Gasteiger partial charge in [-0.3, -0.25) is 9.00 Å². The first-order valence-electron chi connectivity index (χ1n) is 7.95. The van der Waals surface area contributed by atoms with Gasteiger partial charge in [-0.05, 0) is 31.2 Å². The van der Waals surface area contributed by atoms with Crippen LogP contribution in [0.3, 0.4) is 0 Å². The van der Waals surface area contributed by atoms with Crippen molar-refractivity contribution in [2.24, 2.45) is 5.92 Å². The van der Waals surface area contributed by atoms with E-state index in [1.54, 1.807) is 6.92 Å². The van der Waals surface area contributed by atoms with Crippen LogP contribution in [0, 0.1) is 5.92 Å². The van der Waals surface area contributed by atoms with E-state index in [0.29, 0.717) is 11.7 Å². The molecule has 0 N–H and O–H groups in total. The zero-order chi connectivity index (χ0) is 15.9. The summed E-state index contributed by atoms with van der Waals surface area (Å²) in [5.41, 5.74) is 1.09. The van der Waals surface area contributed by atoms with Gasteiger partial charge in [-0.2, -0.15) is 0 Å². The molecular weight excluding hydrogens is 294 g/mol. The molecule has 120 valence electrons. The SMILES string of the molecule is CC1CCN(C(=O)C(C)S(=O)C/C=C/c2ccccc2)CC1. The maximum absolute atomic E-state index is 12.4. The predicted molar refractivity (Wildman–Crippen MR) is 92.9 cm³/mol. The van der Waals surface area contributed by atoms with E-state index in [0.717, 1.165) is 31.5 Å². The Hall–Kier alpha value is -1.42. The molecule has 1 fully saturated rings. The van der Waals surface area contributed by atoms with Crippen LogP contribution in [-0.4, -0.2) is 39.1 Å². The average Bonchev–Trinajstić information content (AvgIpc) is 2.55. The Morgan fingerprint density at radius 1 is 1.32 bits per heavy atom. The fourth-order valence-corrected chi connectivity index (χ4v) is 3.53. The molecule has 0 bridgehead atoms. The number of amides is 1. The molecule has 1 aliphatic rings. The number of benzene rings is 1. The van der Waals surface area contributed by atoms with Crippen molar-refractivity contribution < 1.29 is 9.00 Å². The van der Waals surface area contributed by atoms with E-state index in [1.807, 2.05) is 47.4 Å². The molecule has 2 rings (SSSR count). The zero-order valence-electron chi connectivity index (χ0n) is 13.4. The number of carbonyl (C=O) groups is 1. The van der Waals surface area contributed by atoms with E-state index in [1.165, 1.54) is 0 Å². The van der Waals surface area contributed by atoms with Crippen LogP contribution in [0.2, 0.25) is 0 Å². The van der Waals surface area contributed by atoms with Crippen LogP contribution in [0.25, 0.3) is 6.08 Å². The van der Waals surface area contributed by atoms with Gasteiger partial charge in [-0.1, -0.05) is 49.4 Å². The van der Waals surface area contributed by atoms with Crippen LogP contribution in [0.4, 0.5) is 0 Å². The minimum absolute atomic E-state index is 0.0401. The van der Waals surface area contributed by atoms with Crippen molar-refractivity contribution in [3.05, 3.63) is 42.0 Å². The maximum atomic E-state index is 12.4. The van der Waals surface area contributed by atoms with Gasteiger partial charge in [0.15, 0.2) is 0 Å². The van der Waals surface area contributed by atoms with E-state index < -0.39 is 16.0 Å². The fraction of sp³-hybridized carbons (Fsp3) is 0.500. The summed E-state index contributed by atoms with van der Waals surface area (Å²) in [7, 11) is -1.16. The summed E-state index contributed by atoms with van der Waals surface area (Å²) in [5, 5.41) is -0.422. The number of piperidine rings is 1. The molecule has 1 saturated heterocycles. The minimum atomic E-state index is -1.16. The number of likely N-dealkylation sites (tertiary alicyclic amines) is 1. The largest absolute Gasteiger partial charge is 0.342 e. The second kappa shape index (κ2) is 8.28. The highest BCUT2D eigenvalue weighted by atomic mass is 32.2. The first kappa shape index (κ1) is 16.9. The summed E-state index contributed by atoms with van der Waals surface area (Å²) >= 11 is 0. The van der Waals surface area contributed by atoms with Crippen molar-refractivity contribution in [1.29, 1.82) is 0 Å². The Bertz CT molecular complexity index is 533. The van der Waals surface area contributed by atoms with Crippen molar-refractivity contribution in [1.82, 2.24) is 4.90 Å². The average molecular weight is 319 g/mol. The van der Waals surface area contributed by atoms with Gasteiger partial charge in [-0.15, -0.1) is 0 Å². The second-order valence-corrected chi connectivity index (χ2v) is 7.81. The fourth-order valence-electron chi connectivity index (χ4n) is 2.59. The van der Waals surface area contributed by atoms with Crippen LogP contribution >= 0.6 is 0 Å². The van der Waals surface area contributed by atoms with E-state index in [4.69, 9.17) is 0 Å². The Balaban J connectivity index is 1.84. The minimum Gasteiger partial charge on any atom is -0.342 e. The van der Waals surface area contributed by atoms with Crippen LogP contribution < -0.4 is 0 Å². The molecule has 3 nitrogen and oxygen atoms in total. The van der Waals surface area contributed by atoms with E-state index in [9.17, 15) is 9.00 Å². The van der Waals surface area contributed by atoms with Gasteiger partial charge in [0.05, 0.1) is 0 Å². The molecule has 1 aromatic rings. The normalized spacial score (nSPS) is 19.3. The quantitative estimate of drug-likeness (QED) is 0.836. The van der Waals surface area contributed by atoms with Crippen molar-refractivity contribution in [2.45, 2.75) is 31.9 Å². The Morgan fingerprint density at radius 3 is 2.59 bits per heavy atom. The highest BCUT2D eigenvalue weighted by Gasteiger charge is 2.27. The molecule has 0 spiro atoms. The lowest BCUT2D eigenvalue weighted by Gasteiger charge is -2.31. The lowest BCUT2D eigenvalue weighted by atomic mass is 9.99. The van der Waals surface area contributed by atoms with Crippen LogP contribution in [0.15, 0.2) is 36.4 Å².